The van der Waals surface area contributed by atoms with E-state index in [9.17, 15) is 9.59 Å². The van der Waals surface area contributed by atoms with Crippen LogP contribution in [0.1, 0.15) is 23.7 Å². The minimum Gasteiger partial charge on any atom is -0.494 e. The SMILES string of the molecule is CCCOc1ccc(C(=O)NNC(=O)C2COc3ccccc3O2)cc1. The molecule has 0 saturated carbocycles. The van der Waals surface area contributed by atoms with Crippen LogP contribution in [0, 0.1) is 0 Å². The lowest BCUT2D eigenvalue weighted by Crippen LogP contribution is -2.50. The van der Waals surface area contributed by atoms with Crippen LogP contribution in [0.15, 0.2) is 48.5 Å². The Morgan fingerprint density at radius 1 is 1.08 bits per heavy atom. The molecular formula is C19H20N2O5. The van der Waals surface area contributed by atoms with Crippen molar-refractivity contribution in [1.82, 2.24) is 10.9 Å². The topological polar surface area (TPSA) is 85.9 Å². The van der Waals surface area contributed by atoms with Gasteiger partial charge in [0.25, 0.3) is 11.8 Å². The number of fused-ring (bicyclic) bond motifs is 1. The summed E-state index contributed by atoms with van der Waals surface area (Å²) in [5.74, 6) is 0.853. The van der Waals surface area contributed by atoms with Gasteiger partial charge in [0.2, 0.25) is 6.10 Å². The van der Waals surface area contributed by atoms with E-state index in [1.54, 1.807) is 42.5 Å². The smallest absolute Gasteiger partial charge is 0.283 e. The molecule has 1 aliphatic rings. The van der Waals surface area contributed by atoms with Crippen molar-refractivity contribution in [2.45, 2.75) is 19.4 Å². The van der Waals surface area contributed by atoms with Crippen molar-refractivity contribution in [3.8, 4) is 17.2 Å². The van der Waals surface area contributed by atoms with E-state index in [1.807, 2.05) is 13.0 Å². The van der Waals surface area contributed by atoms with E-state index in [1.165, 1.54) is 0 Å². The van der Waals surface area contributed by atoms with E-state index in [0.717, 1.165) is 6.42 Å². The van der Waals surface area contributed by atoms with Crippen LogP contribution in [0.2, 0.25) is 0 Å². The van der Waals surface area contributed by atoms with E-state index >= 15 is 0 Å². The molecule has 2 amide bonds. The molecule has 1 aliphatic heterocycles. The number of rotatable bonds is 5. The van der Waals surface area contributed by atoms with Crippen molar-refractivity contribution in [1.29, 1.82) is 0 Å². The first kappa shape index (κ1) is 17.6. The van der Waals surface area contributed by atoms with E-state index < -0.39 is 17.9 Å². The second-order valence-electron chi connectivity index (χ2n) is 5.68. The third-order valence-electron chi connectivity index (χ3n) is 3.69. The minimum absolute atomic E-state index is 0.0716. The molecule has 2 aromatic carbocycles. The maximum Gasteiger partial charge on any atom is 0.283 e. The number of nitrogens with one attached hydrogen (secondary N) is 2. The molecule has 0 bridgehead atoms. The van der Waals surface area contributed by atoms with Crippen molar-refractivity contribution in [2.24, 2.45) is 0 Å². The van der Waals surface area contributed by atoms with Crippen LogP contribution in [0.3, 0.4) is 0 Å². The van der Waals surface area contributed by atoms with Gasteiger partial charge in [-0.25, -0.2) is 0 Å². The van der Waals surface area contributed by atoms with Crippen molar-refractivity contribution in [3.05, 3.63) is 54.1 Å². The van der Waals surface area contributed by atoms with E-state index in [-0.39, 0.29) is 6.61 Å². The van der Waals surface area contributed by atoms with E-state index in [0.29, 0.717) is 29.4 Å². The predicted octanol–water partition coefficient (Wildman–Crippen LogP) is 2.08. The fourth-order valence-corrected chi connectivity index (χ4v) is 2.34. The summed E-state index contributed by atoms with van der Waals surface area (Å²) >= 11 is 0. The zero-order valence-corrected chi connectivity index (χ0v) is 14.4. The molecule has 0 saturated heterocycles. The highest BCUT2D eigenvalue weighted by molar-refractivity contribution is 5.95. The highest BCUT2D eigenvalue weighted by Gasteiger charge is 2.27. The molecule has 3 rings (SSSR count). The Morgan fingerprint density at radius 2 is 1.81 bits per heavy atom. The Hall–Kier alpha value is -3.22. The van der Waals surface area contributed by atoms with Crippen LogP contribution in [0.4, 0.5) is 0 Å². The van der Waals surface area contributed by atoms with Crippen LogP contribution in [0.25, 0.3) is 0 Å². The van der Waals surface area contributed by atoms with Gasteiger partial charge in [-0.1, -0.05) is 19.1 Å². The van der Waals surface area contributed by atoms with Gasteiger partial charge >= 0.3 is 0 Å². The summed E-state index contributed by atoms with van der Waals surface area (Å²) in [6.07, 6.45) is 0.0705. The number of hydrogen-bond donors (Lipinski definition) is 2. The molecule has 0 spiro atoms. The molecular weight excluding hydrogens is 336 g/mol. The van der Waals surface area contributed by atoms with Crippen molar-refractivity contribution in [2.75, 3.05) is 13.2 Å². The first-order chi connectivity index (χ1) is 12.7. The van der Waals surface area contributed by atoms with E-state index in [4.69, 9.17) is 14.2 Å². The third-order valence-corrected chi connectivity index (χ3v) is 3.69. The zero-order chi connectivity index (χ0) is 18.4. The molecule has 7 nitrogen and oxygen atoms in total. The van der Waals surface area contributed by atoms with Gasteiger partial charge in [0.15, 0.2) is 11.5 Å². The molecule has 1 atom stereocenters. The molecule has 7 heteroatoms. The molecule has 1 heterocycles. The van der Waals surface area contributed by atoms with Gasteiger partial charge in [0.05, 0.1) is 6.61 Å². The van der Waals surface area contributed by atoms with Gasteiger partial charge in [-0.2, -0.15) is 0 Å². The number of para-hydroxylation sites is 2. The first-order valence-corrected chi connectivity index (χ1v) is 8.39. The van der Waals surface area contributed by atoms with Gasteiger partial charge < -0.3 is 14.2 Å². The summed E-state index contributed by atoms with van der Waals surface area (Å²) in [5, 5.41) is 0. The van der Waals surface area contributed by atoms with Crippen molar-refractivity contribution in [3.63, 3.8) is 0 Å². The maximum atomic E-state index is 12.2. The Bertz CT molecular complexity index is 776. The number of benzene rings is 2. The van der Waals surface area contributed by atoms with Crippen LogP contribution in [0.5, 0.6) is 17.2 Å². The highest BCUT2D eigenvalue weighted by Crippen LogP contribution is 2.30. The summed E-state index contributed by atoms with van der Waals surface area (Å²) < 4.78 is 16.5. The monoisotopic (exact) mass is 356 g/mol. The van der Waals surface area contributed by atoms with Crippen LogP contribution >= 0.6 is 0 Å². The molecule has 2 aromatic rings. The average molecular weight is 356 g/mol. The molecule has 0 fully saturated rings. The number of carbonyl (C=O) groups excluding carboxylic acids is 2. The van der Waals surface area contributed by atoms with Gasteiger partial charge in [-0.05, 0) is 42.8 Å². The Labute approximate surface area is 151 Å². The number of hydrazine groups is 1. The van der Waals surface area contributed by atoms with Gasteiger partial charge in [0.1, 0.15) is 12.4 Å². The molecule has 26 heavy (non-hydrogen) atoms. The first-order valence-electron chi connectivity index (χ1n) is 8.39. The minimum atomic E-state index is -0.838. The largest absolute Gasteiger partial charge is 0.494 e. The molecule has 0 aliphatic carbocycles. The number of amides is 2. The maximum absolute atomic E-state index is 12.2. The fourth-order valence-electron chi connectivity index (χ4n) is 2.34. The van der Waals surface area contributed by atoms with Crippen molar-refractivity contribution < 1.29 is 23.8 Å². The lowest BCUT2D eigenvalue weighted by Gasteiger charge is -2.25. The second-order valence-corrected chi connectivity index (χ2v) is 5.68. The second kappa shape index (κ2) is 8.24. The van der Waals surface area contributed by atoms with Crippen LogP contribution in [-0.2, 0) is 4.79 Å². The average Bonchev–Trinajstić information content (AvgIpc) is 2.70. The number of carbonyl (C=O) groups is 2. The lowest BCUT2D eigenvalue weighted by molar-refractivity contribution is -0.131. The number of ether oxygens (including phenoxy) is 3. The van der Waals surface area contributed by atoms with Crippen LogP contribution < -0.4 is 25.1 Å². The lowest BCUT2D eigenvalue weighted by atomic mass is 10.2. The normalized spacial score (nSPS) is 15.0. The van der Waals surface area contributed by atoms with Gasteiger partial charge in [-0.15, -0.1) is 0 Å². The summed E-state index contributed by atoms with van der Waals surface area (Å²) in [6.45, 7) is 2.71. The fraction of sp³-hybridized carbons (Fsp3) is 0.263. The Kier molecular flexibility index (Phi) is 5.58. The quantitative estimate of drug-likeness (QED) is 0.801. The molecule has 1 unspecified atom stereocenters. The zero-order valence-electron chi connectivity index (χ0n) is 14.4. The third kappa shape index (κ3) is 4.24. The molecule has 136 valence electrons. The predicted molar refractivity (Wildman–Crippen MR) is 94.2 cm³/mol. The summed E-state index contributed by atoms with van der Waals surface area (Å²) in [5.41, 5.74) is 5.13. The van der Waals surface area contributed by atoms with Gasteiger partial charge in [-0.3, -0.25) is 20.4 Å². The van der Waals surface area contributed by atoms with Gasteiger partial charge in [0, 0.05) is 5.56 Å². The standard InChI is InChI=1S/C19H20N2O5/c1-2-11-24-14-9-7-13(8-10-14)18(22)20-21-19(23)17-12-25-15-5-3-4-6-16(15)26-17/h3-10,17H,2,11-12H2,1H3,(H,20,22)(H,21,23). The molecule has 0 radical (unpaired) electrons. The summed E-state index contributed by atoms with van der Waals surface area (Å²) in [4.78, 5) is 24.3. The van der Waals surface area contributed by atoms with Crippen LogP contribution in [-0.4, -0.2) is 31.1 Å². The van der Waals surface area contributed by atoms with Crippen molar-refractivity contribution >= 4 is 11.8 Å². The molecule has 2 N–H and O–H groups in total. The van der Waals surface area contributed by atoms with E-state index in [2.05, 4.69) is 10.9 Å². The summed E-state index contributed by atoms with van der Waals surface area (Å²) in [6, 6.07) is 13.8. The Balaban J connectivity index is 1.50. The highest BCUT2D eigenvalue weighted by atomic mass is 16.6. The Morgan fingerprint density at radius 3 is 2.54 bits per heavy atom. The number of hydrogen-bond acceptors (Lipinski definition) is 5. The molecule has 0 aromatic heterocycles. The summed E-state index contributed by atoms with van der Waals surface area (Å²) in [7, 11) is 0.